The van der Waals surface area contributed by atoms with Crippen LogP contribution in [0, 0.1) is 11.8 Å². The standard InChI is InChI=1S/C28H23F3O3/c1-2-4-19(17-27(32)33)18-7-11-24(12-8-18)34-26-14-10-22-15-21(9-13-25(22)26)20-5-3-6-23(16-20)28(29,30)31/h3,5-9,11-13,15-16,19,26H,10,14,17H2,1H3,(H,32,33)/t19-,26?/m0/s1. The number of hydrogen-bond acceptors (Lipinski definition) is 2. The van der Waals surface area contributed by atoms with Gasteiger partial charge in [-0.1, -0.05) is 48.4 Å². The van der Waals surface area contributed by atoms with Gasteiger partial charge in [-0.2, -0.15) is 13.2 Å². The SMILES string of the molecule is CC#C[C@@H](CC(=O)O)c1ccc(OC2CCc3cc(-c4cccc(C(F)(F)F)c4)ccc32)cc1. The van der Waals surface area contributed by atoms with Gasteiger partial charge in [-0.25, -0.2) is 0 Å². The van der Waals surface area contributed by atoms with Gasteiger partial charge in [0, 0.05) is 0 Å². The number of halogens is 3. The van der Waals surface area contributed by atoms with E-state index in [0.29, 0.717) is 11.3 Å². The summed E-state index contributed by atoms with van der Waals surface area (Å²) in [4.78, 5) is 11.1. The Balaban J connectivity index is 1.50. The number of carbonyl (C=O) groups is 1. The molecule has 1 N–H and O–H groups in total. The van der Waals surface area contributed by atoms with E-state index in [-0.39, 0.29) is 18.4 Å². The fraction of sp³-hybridized carbons (Fsp3) is 0.250. The summed E-state index contributed by atoms with van der Waals surface area (Å²) in [5.41, 5.74) is 3.53. The third-order valence-electron chi connectivity index (χ3n) is 5.95. The zero-order valence-corrected chi connectivity index (χ0v) is 18.5. The van der Waals surface area contributed by atoms with E-state index < -0.39 is 17.7 Å². The number of hydrogen-bond donors (Lipinski definition) is 1. The van der Waals surface area contributed by atoms with Crippen molar-refractivity contribution in [1.29, 1.82) is 0 Å². The van der Waals surface area contributed by atoms with Crippen LogP contribution < -0.4 is 4.74 Å². The summed E-state index contributed by atoms with van der Waals surface area (Å²) in [6, 6.07) is 18.4. The number of fused-ring (bicyclic) bond motifs is 1. The van der Waals surface area contributed by atoms with Crippen LogP contribution in [0.4, 0.5) is 13.2 Å². The highest BCUT2D eigenvalue weighted by atomic mass is 19.4. The zero-order valence-electron chi connectivity index (χ0n) is 18.5. The summed E-state index contributed by atoms with van der Waals surface area (Å²) in [5, 5.41) is 9.11. The maximum Gasteiger partial charge on any atom is 0.416 e. The van der Waals surface area contributed by atoms with Crippen LogP contribution in [0.3, 0.4) is 0 Å². The average Bonchev–Trinajstić information content (AvgIpc) is 3.20. The number of ether oxygens (including phenoxy) is 1. The minimum absolute atomic E-state index is 0.0642. The second-order valence-electron chi connectivity index (χ2n) is 8.25. The van der Waals surface area contributed by atoms with Crippen LogP contribution in [-0.4, -0.2) is 11.1 Å². The first-order valence-corrected chi connectivity index (χ1v) is 11.0. The zero-order chi connectivity index (χ0) is 24.3. The Labute approximate surface area is 196 Å². The third kappa shape index (κ3) is 5.26. The van der Waals surface area contributed by atoms with Gasteiger partial charge in [0.05, 0.1) is 17.9 Å². The molecule has 6 heteroatoms. The topological polar surface area (TPSA) is 46.5 Å². The Morgan fingerprint density at radius 2 is 1.82 bits per heavy atom. The molecule has 3 nitrogen and oxygen atoms in total. The van der Waals surface area contributed by atoms with E-state index in [0.717, 1.165) is 41.2 Å². The minimum atomic E-state index is -4.38. The first-order chi connectivity index (χ1) is 16.2. The van der Waals surface area contributed by atoms with Crippen molar-refractivity contribution in [3.8, 4) is 28.7 Å². The van der Waals surface area contributed by atoms with Crippen molar-refractivity contribution in [2.75, 3.05) is 0 Å². The largest absolute Gasteiger partial charge is 0.486 e. The van der Waals surface area contributed by atoms with E-state index in [1.54, 1.807) is 13.0 Å². The molecule has 3 aromatic rings. The number of carboxylic acids is 1. The van der Waals surface area contributed by atoms with Crippen LogP contribution in [0.25, 0.3) is 11.1 Å². The van der Waals surface area contributed by atoms with Gasteiger partial charge in [-0.3, -0.25) is 4.79 Å². The second-order valence-corrected chi connectivity index (χ2v) is 8.25. The van der Waals surface area contributed by atoms with Crippen molar-refractivity contribution in [3.05, 3.63) is 89.0 Å². The van der Waals surface area contributed by atoms with Crippen LogP contribution >= 0.6 is 0 Å². The van der Waals surface area contributed by atoms with Crippen molar-refractivity contribution >= 4 is 5.97 Å². The molecule has 0 amide bonds. The van der Waals surface area contributed by atoms with Crippen LogP contribution in [0.15, 0.2) is 66.7 Å². The molecule has 0 aliphatic heterocycles. The van der Waals surface area contributed by atoms with E-state index in [1.807, 2.05) is 42.5 Å². The van der Waals surface area contributed by atoms with E-state index in [1.165, 1.54) is 12.1 Å². The van der Waals surface area contributed by atoms with Crippen molar-refractivity contribution in [2.24, 2.45) is 0 Å². The summed E-state index contributed by atoms with van der Waals surface area (Å²) in [6.07, 6.45) is -3.05. The summed E-state index contributed by atoms with van der Waals surface area (Å²) >= 11 is 0. The van der Waals surface area contributed by atoms with Gasteiger partial charge in [0.15, 0.2) is 0 Å². The summed E-state index contributed by atoms with van der Waals surface area (Å²) < 4.78 is 45.4. The lowest BCUT2D eigenvalue weighted by atomic mass is 9.96. The predicted molar refractivity (Wildman–Crippen MR) is 123 cm³/mol. The maximum atomic E-state index is 13.1. The van der Waals surface area contributed by atoms with Gasteiger partial charge >= 0.3 is 12.1 Å². The minimum Gasteiger partial charge on any atom is -0.486 e. The van der Waals surface area contributed by atoms with Crippen molar-refractivity contribution in [2.45, 2.75) is 44.4 Å². The number of aliphatic carboxylic acids is 1. The number of alkyl halides is 3. The molecule has 0 spiro atoms. The molecule has 0 aromatic heterocycles. The third-order valence-corrected chi connectivity index (χ3v) is 5.95. The molecule has 1 unspecified atom stereocenters. The molecule has 0 heterocycles. The van der Waals surface area contributed by atoms with Crippen LogP contribution in [0.1, 0.15) is 54.0 Å². The molecule has 2 atom stereocenters. The first kappa shape index (κ1) is 23.4. The van der Waals surface area contributed by atoms with E-state index in [9.17, 15) is 18.0 Å². The van der Waals surface area contributed by atoms with Crippen LogP contribution in [0.2, 0.25) is 0 Å². The van der Waals surface area contributed by atoms with E-state index in [4.69, 9.17) is 9.84 Å². The molecule has 0 saturated heterocycles. The Morgan fingerprint density at radius 1 is 1.09 bits per heavy atom. The molecule has 0 bridgehead atoms. The molecule has 4 rings (SSSR count). The Bertz CT molecular complexity index is 1250. The van der Waals surface area contributed by atoms with Crippen molar-refractivity contribution in [3.63, 3.8) is 0 Å². The molecule has 174 valence electrons. The highest BCUT2D eigenvalue weighted by molar-refractivity contribution is 5.69. The monoisotopic (exact) mass is 464 g/mol. The molecular weight excluding hydrogens is 441 g/mol. The lowest BCUT2D eigenvalue weighted by molar-refractivity contribution is -0.138. The first-order valence-electron chi connectivity index (χ1n) is 11.0. The number of benzene rings is 3. The molecule has 1 aliphatic carbocycles. The summed E-state index contributed by atoms with van der Waals surface area (Å²) in [6.45, 7) is 1.68. The highest BCUT2D eigenvalue weighted by Gasteiger charge is 2.31. The van der Waals surface area contributed by atoms with Crippen molar-refractivity contribution < 1.29 is 27.8 Å². The number of carboxylic acid groups (broad SMARTS) is 1. The Hall–Kier alpha value is -3.72. The molecule has 0 fully saturated rings. The van der Waals surface area contributed by atoms with Gasteiger partial charge in [-0.15, -0.1) is 5.92 Å². The number of aryl methyl sites for hydroxylation is 1. The Kier molecular flexibility index (Phi) is 6.65. The maximum absolute atomic E-state index is 13.1. The lowest BCUT2D eigenvalue weighted by Crippen LogP contribution is -2.06. The Morgan fingerprint density at radius 3 is 2.50 bits per heavy atom. The van der Waals surface area contributed by atoms with Gasteiger partial charge in [0.2, 0.25) is 0 Å². The molecule has 0 radical (unpaired) electrons. The van der Waals surface area contributed by atoms with Gasteiger partial charge in [-0.05, 0) is 71.8 Å². The van der Waals surface area contributed by atoms with Gasteiger partial charge in [0.1, 0.15) is 11.9 Å². The summed E-state index contributed by atoms with van der Waals surface area (Å²) in [5.74, 6) is 5.10. The normalized spacial score (nSPS) is 15.7. The molecular formula is C28H23F3O3. The van der Waals surface area contributed by atoms with Crippen LogP contribution in [-0.2, 0) is 17.4 Å². The highest BCUT2D eigenvalue weighted by Crippen LogP contribution is 2.38. The molecule has 3 aromatic carbocycles. The second kappa shape index (κ2) is 9.64. The smallest absolute Gasteiger partial charge is 0.416 e. The fourth-order valence-electron chi connectivity index (χ4n) is 4.30. The lowest BCUT2D eigenvalue weighted by Gasteiger charge is -2.16. The van der Waals surface area contributed by atoms with Gasteiger partial charge < -0.3 is 9.84 Å². The molecule has 1 aliphatic rings. The van der Waals surface area contributed by atoms with E-state index in [2.05, 4.69) is 11.8 Å². The van der Waals surface area contributed by atoms with E-state index >= 15 is 0 Å². The quantitative estimate of drug-likeness (QED) is 0.399. The average molecular weight is 464 g/mol. The van der Waals surface area contributed by atoms with Gasteiger partial charge in [0.25, 0.3) is 0 Å². The number of rotatable bonds is 6. The molecule has 34 heavy (non-hydrogen) atoms. The predicted octanol–water partition coefficient (Wildman–Crippen LogP) is 7.02. The summed E-state index contributed by atoms with van der Waals surface area (Å²) in [7, 11) is 0. The van der Waals surface area contributed by atoms with Crippen LogP contribution in [0.5, 0.6) is 5.75 Å². The van der Waals surface area contributed by atoms with Crippen molar-refractivity contribution in [1.82, 2.24) is 0 Å². The fourth-order valence-corrected chi connectivity index (χ4v) is 4.30. The molecule has 0 saturated carbocycles.